The van der Waals surface area contributed by atoms with Crippen molar-refractivity contribution in [2.75, 3.05) is 45.8 Å². The third kappa shape index (κ3) is 3.96. The summed E-state index contributed by atoms with van der Waals surface area (Å²) in [6.07, 6.45) is 6.68. The van der Waals surface area contributed by atoms with Gasteiger partial charge in [-0.1, -0.05) is 20.8 Å². The van der Waals surface area contributed by atoms with E-state index in [4.69, 9.17) is 0 Å². The zero-order valence-electron chi connectivity index (χ0n) is 14.0. The molecule has 2 aliphatic heterocycles. The first-order valence-electron chi connectivity index (χ1n) is 8.90. The zero-order chi connectivity index (χ0) is 14.4. The molecule has 0 saturated carbocycles. The van der Waals surface area contributed by atoms with Crippen LogP contribution in [0.25, 0.3) is 0 Å². The normalized spacial score (nSPS) is 25.1. The van der Waals surface area contributed by atoms with Crippen molar-refractivity contribution in [1.29, 1.82) is 0 Å². The van der Waals surface area contributed by atoms with Gasteiger partial charge < -0.3 is 5.32 Å². The van der Waals surface area contributed by atoms with Crippen molar-refractivity contribution in [2.24, 2.45) is 5.41 Å². The van der Waals surface area contributed by atoms with Crippen LogP contribution in [0.2, 0.25) is 0 Å². The highest BCUT2D eigenvalue weighted by Gasteiger charge is 2.34. The average molecular weight is 281 g/mol. The van der Waals surface area contributed by atoms with Crippen molar-refractivity contribution in [3.8, 4) is 0 Å². The Labute approximate surface area is 126 Å². The van der Waals surface area contributed by atoms with E-state index in [9.17, 15) is 0 Å². The molecule has 2 rings (SSSR count). The van der Waals surface area contributed by atoms with Gasteiger partial charge in [0, 0.05) is 38.8 Å². The van der Waals surface area contributed by atoms with Crippen molar-refractivity contribution in [3.63, 3.8) is 0 Å². The van der Waals surface area contributed by atoms with Crippen LogP contribution in [0, 0.1) is 5.41 Å². The third-order valence-corrected chi connectivity index (χ3v) is 5.66. The Morgan fingerprint density at radius 2 is 1.90 bits per heavy atom. The summed E-state index contributed by atoms with van der Waals surface area (Å²) in [5, 5.41) is 3.68. The summed E-state index contributed by atoms with van der Waals surface area (Å²) in [6.45, 7) is 15.9. The lowest BCUT2D eigenvalue weighted by Gasteiger charge is -2.43. The Morgan fingerprint density at radius 3 is 2.60 bits per heavy atom. The van der Waals surface area contributed by atoms with Crippen LogP contribution in [0.1, 0.15) is 52.9 Å². The van der Waals surface area contributed by atoms with Gasteiger partial charge >= 0.3 is 0 Å². The summed E-state index contributed by atoms with van der Waals surface area (Å²) in [5.41, 5.74) is 0.482. The molecular formula is C17H35N3. The molecule has 1 N–H and O–H groups in total. The molecular weight excluding hydrogens is 246 g/mol. The minimum atomic E-state index is 0.482. The molecule has 20 heavy (non-hydrogen) atoms. The molecule has 0 aromatic rings. The van der Waals surface area contributed by atoms with Crippen LogP contribution in [-0.4, -0.2) is 61.7 Å². The predicted molar refractivity (Wildman–Crippen MR) is 87.2 cm³/mol. The quantitative estimate of drug-likeness (QED) is 0.690. The SMILES string of the molecule is CCCNCC(CC)(CC)CN1CCN2CCCC2C1. The van der Waals surface area contributed by atoms with Gasteiger partial charge in [-0.2, -0.15) is 0 Å². The van der Waals surface area contributed by atoms with E-state index in [-0.39, 0.29) is 0 Å². The van der Waals surface area contributed by atoms with E-state index in [1.807, 2.05) is 0 Å². The molecule has 2 saturated heterocycles. The van der Waals surface area contributed by atoms with Crippen LogP contribution < -0.4 is 5.32 Å². The Balaban J connectivity index is 1.86. The topological polar surface area (TPSA) is 18.5 Å². The molecule has 0 radical (unpaired) electrons. The predicted octanol–water partition coefficient (Wildman–Crippen LogP) is 2.57. The van der Waals surface area contributed by atoms with E-state index in [0.29, 0.717) is 5.41 Å². The Hall–Kier alpha value is -0.120. The molecule has 0 bridgehead atoms. The fourth-order valence-corrected chi connectivity index (χ4v) is 3.98. The number of hydrogen-bond acceptors (Lipinski definition) is 3. The molecule has 2 fully saturated rings. The van der Waals surface area contributed by atoms with E-state index in [0.717, 1.165) is 12.6 Å². The van der Waals surface area contributed by atoms with Crippen molar-refractivity contribution in [3.05, 3.63) is 0 Å². The first-order chi connectivity index (χ1) is 9.73. The van der Waals surface area contributed by atoms with Crippen molar-refractivity contribution in [1.82, 2.24) is 15.1 Å². The Bertz CT molecular complexity index is 275. The van der Waals surface area contributed by atoms with Crippen LogP contribution in [0.4, 0.5) is 0 Å². The van der Waals surface area contributed by atoms with Gasteiger partial charge in [0.05, 0.1) is 0 Å². The molecule has 2 heterocycles. The van der Waals surface area contributed by atoms with Crippen molar-refractivity contribution in [2.45, 2.75) is 58.9 Å². The standard InChI is InChI=1S/C17H35N3/c1-4-9-18-14-17(5-2,6-3)15-19-11-12-20-10-7-8-16(20)13-19/h16,18H,4-15H2,1-3H3. The van der Waals surface area contributed by atoms with E-state index < -0.39 is 0 Å². The van der Waals surface area contributed by atoms with E-state index in [1.165, 1.54) is 71.4 Å². The highest BCUT2D eigenvalue weighted by atomic mass is 15.3. The zero-order valence-corrected chi connectivity index (χ0v) is 14.0. The Kier molecular flexibility index (Phi) is 6.31. The smallest absolute Gasteiger partial charge is 0.0224 e. The minimum absolute atomic E-state index is 0.482. The number of rotatable bonds is 8. The number of hydrogen-bond donors (Lipinski definition) is 1. The van der Waals surface area contributed by atoms with E-state index >= 15 is 0 Å². The molecule has 1 unspecified atom stereocenters. The second-order valence-corrected chi connectivity index (χ2v) is 6.95. The fourth-order valence-electron chi connectivity index (χ4n) is 3.98. The summed E-state index contributed by atoms with van der Waals surface area (Å²) >= 11 is 0. The summed E-state index contributed by atoms with van der Waals surface area (Å²) in [4.78, 5) is 5.47. The van der Waals surface area contributed by atoms with E-state index in [1.54, 1.807) is 0 Å². The molecule has 3 heteroatoms. The lowest BCUT2D eigenvalue weighted by molar-refractivity contribution is 0.0596. The lowest BCUT2D eigenvalue weighted by atomic mass is 9.81. The van der Waals surface area contributed by atoms with Gasteiger partial charge in [0.1, 0.15) is 0 Å². The maximum atomic E-state index is 3.68. The van der Waals surface area contributed by atoms with Gasteiger partial charge in [-0.05, 0) is 50.6 Å². The maximum Gasteiger partial charge on any atom is 0.0224 e. The van der Waals surface area contributed by atoms with Crippen LogP contribution in [0.3, 0.4) is 0 Å². The van der Waals surface area contributed by atoms with Gasteiger partial charge in [0.15, 0.2) is 0 Å². The first kappa shape index (κ1) is 16.3. The average Bonchev–Trinajstić information content (AvgIpc) is 2.94. The second kappa shape index (κ2) is 7.77. The summed E-state index contributed by atoms with van der Waals surface area (Å²) in [7, 11) is 0. The maximum absolute atomic E-state index is 3.68. The van der Waals surface area contributed by atoms with Gasteiger partial charge in [-0.3, -0.25) is 9.80 Å². The number of nitrogens with zero attached hydrogens (tertiary/aromatic N) is 2. The molecule has 0 aromatic carbocycles. The molecule has 0 aliphatic carbocycles. The van der Waals surface area contributed by atoms with Crippen LogP contribution in [0.15, 0.2) is 0 Å². The highest BCUT2D eigenvalue weighted by Crippen LogP contribution is 2.29. The molecule has 3 nitrogen and oxygen atoms in total. The van der Waals surface area contributed by atoms with Gasteiger partial charge in [-0.15, -0.1) is 0 Å². The van der Waals surface area contributed by atoms with Crippen molar-refractivity contribution >= 4 is 0 Å². The first-order valence-corrected chi connectivity index (χ1v) is 8.90. The molecule has 1 atom stereocenters. The van der Waals surface area contributed by atoms with Crippen LogP contribution in [0.5, 0.6) is 0 Å². The fraction of sp³-hybridized carbons (Fsp3) is 1.00. The number of fused-ring (bicyclic) bond motifs is 1. The Morgan fingerprint density at radius 1 is 1.10 bits per heavy atom. The molecule has 0 aromatic heterocycles. The van der Waals surface area contributed by atoms with Crippen LogP contribution in [-0.2, 0) is 0 Å². The van der Waals surface area contributed by atoms with Crippen LogP contribution >= 0.6 is 0 Å². The number of piperazine rings is 1. The lowest BCUT2D eigenvalue weighted by Crippen LogP contribution is -2.54. The summed E-state index contributed by atoms with van der Waals surface area (Å²) < 4.78 is 0. The highest BCUT2D eigenvalue weighted by molar-refractivity contribution is 4.90. The minimum Gasteiger partial charge on any atom is -0.316 e. The summed E-state index contributed by atoms with van der Waals surface area (Å²) in [6, 6.07) is 0.860. The number of nitrogens with one attached hydrogen (secondary N) is 1. The van der Waals surface area contributed by atoms with Crippen molar-refractivity contribution < 1.29 is 0 Å². The van der Waals surface area contributed by atoms with Gasteiger partial charge in [0.25, 0.3) is 0 Å². The van der Waals surface area contributed by atoms with Gasteiger partial charge in [-0.25, -0.2) is 0 Å². The molecule has 118 valence electrons. The third-order valence-electron chi connectivity index (χ3n) is 5.66. The second-order valence-electron chi connectivity index (χ2n) is 6.95. The van der Waals surface area contributed by atoms with E-state index in [2.05, 4.69) is 35.9 Å². The van der Waals surface area contributed by atoms with Gasteiger partial charge in [0.2, 0.25) is 0 Å². The monoisotopic (exact) mass is 281 g/mol. The molecule has 2 aliphatic rings. The summed E-state index contributed by atoms with van der Waals surface area (Å²) in [5.74, 6) is 0. The largest absolute Gasteiger partial charge is 0.316 e. The molecule has 0 spiro atoms. The molecule has 0 amide bonds.